The van der Waals surface area contributed by atoms with E-state index in [0.29, 0.717) is 18.5 Å². The monoisotopic (exact) mass is 469 g/mol. The lowest BCUT2D eigenvalue weighted by Gasteiger charge is -2.20. The van der Waals surface area contributed by atoms with Crippen molar-refractivity contribution in [3.63, 3.8) is 0 Å². The number of para-hydroxylation sites is 1. The lowest BCUT2D eigenvalue weighted by molar-refractivity contribution is -0.384. The summed E-state index contributed by atoms with van der Waals surface area (Å²) in [6, 6.07) is 13.4. The van der Waals surface area contributed by atoms with Crippen LogP contribution in [-0.2, 0) is 14.6 Å². The smallest absolute Gasteiger partial charge is 0.315 e. The van der Waals surface area contributed by atoms with Gasteiger partial charge < -0.3 is 4.74 Å². The number of aryl methyl sites for hydroxylation is 1. The molecule has 1 aliphatic carbocycles. The highest BCUT2D eigenvalue weighted by Gasteiger charge is 2.34. The molecule has 33 heavy (non-hydrogen) atoms. The van der Waals surface area contributed by atoms with Crippen LogP contribution in [0.15, 0.2) is 64.4 Å². The molecule has 0 radical (unpaired) electrons. The number of esters is 1. The van der Waals surface area contributed by atoms with Crippen molar-refractivity contribution in [1.29, 1.82) is 0 Å². The van der Waals surface area contributed by atoms with Gasteiger partial charge in [-0.25, -0.2) is 8.42 Å². The number of carbonyl (C=O) groups excluding carboxylic acids is 1. The summed E-state index contributed by atoms with van der Waals surface area (Å²) in [4.78, 5) is 22.9. The number of ether oxygens (including phenoxy) is 1. The molecule has 0 amide bonds. The molecule has 1 fully saturated rings. The van der Waals surface area contributed by atoms with Gasteiger partial charge in [-0.15, -0.1) is 0 Å². The molecule has 0 atom stereocenters. The molecule has 0 bridgehead atoms. The number of nitrogens with zero attached hydrogens (tertiary/aromatic N) is 3. The van der Waals surface area contributed by atoms with Gasteiger partial charge in [0.1, 0.15) is 0 Å². The normalized spacial score (nSPS) is 14.7. The lowest BCUT2D eigenvalue weighted by atomic mass is 9.89. The second-order valence-electron chi connectivity index (χ2n) is 7.98. The summed E-state index contributed by atoms with van der Waals surface area (Å²) in [5.41, 5.74) is 0.468. The van der Waals surface area contributed by atoms with Gasteiger partial charge in [0.15, 0.2) is 4.90 Å². The van der Waals surface area contributed by atoms with Crippen molar-refractivity contribution in [3.05, 3.63) is 70.4 Å². The SMILES string of the molecule is Cc1nn(-c2ccccc2)c(OC(=O)C2CCCCC2)c1S(=O)(=O)c1ccc([N+](=O)[O-])cc1. The molecule has 0 N–H and O–H groups in total. The van der Waals surface area contributed by atoms with Crippen LogP contribution in [0.2, 0.25) is 0 Å². The molecule has 1 aliphatic rings. The highest BCUT2D eigenvalue weighted by Crippen LogP contribution is 2.36. The number of non-ortho nitro benzene ring substituents is 1. The number of rotatable bonds is 6. The molecule has 0 saturated heterocycles. The van der Waals surface area contributed by atoms with Crippen LogP contribution in [0.4, 0.5) is 5.69 Å². The number of aromatic nitrogens is 2. The number of sulfone groups is 1. The number of nitro groups is 1. The van der Waals surface area contributed by atoms with Crippen LogP contribution < -0.4 is 4.74 Å². The van der Waals surface area contributed by atoms with Gasteiger partial charge in [-0.2, -0.15) is 9.78 Å². The maximum Gasteiger partial charge on any atom is 0.315 e. The average Bonchev–Trinajstić information content (AvgIpc) is 3.16. The first-order valence-electron chi connectivity index (χ1n) is 10.7. The predicted molar refractivity (Wildman–Crippen MR) is 119 cm³/mol. The lowest BCUT2D eigenvalue weighted by Crippen LogP contribution is -2.24. The minimum absolute atomic E-state index is 0.154. The molecule has 1 saturated carbocycles. The molecule has 1 aromatic heterocycles. The largest absolute Gasteiger partial charge is 0.406 e. The van der Waals surface area contributed by atoms with Crippen molar-refractivity contribution in [2.24, 2.45) is 5.92 Å². The summed E-state index contributed by atoms with van der Waals surface area (Å²) in [5.74, 6) is -0.951. The summed E-state index contributed by atoms with van der Waals surface area (Å²) in [6.45, 7) is 1.52. The second kappa shape index (κ2) is 9.14. The third kappa shape index (κ3) is 4.51. The van der Waals surface area contributed by atoms with Crippen LogP contribution in [-0.4, -0.2) is 29.1 Å². The number of benzene rings is 2. The van der Waals surface area contributed by atoms with Gasteiger partial charge in [-0.3, -0.25) is 14.9 Å². The number of nitro benzene ring substituents is 1. The van der Waals surface area contributed by atoms with E-state index in [1.807, 2.05) is 6.07 Å². The van der Waals surface area contributed by atoms with Gasteiger partial charge in [-0.05, 0) is 44.0 Å². The van der Waals surface area contributed by atoms with Crippen molar-refractivity contribution >= 4 is 21.5 Å². The van der Waals surface area contributed by atoms with Gasteiger partial charge in [0.05, 0.1) is 27.1 Å². The molecule has 9 nitrogen and oxygen atoms in total. The fraction of sp³-hybridized carbons (Fsp3) is 0.304. The van der Waals surface area contributed by atoms with Crippen LogP contribution in [0.5, 0.6) is 5.88 Å². The molecule has 0 unspecified atom stereocenters. The molecule has 0 spiro atoms. The third-order valence-corrected chi connectivity index (χ3v) is 7.63. The van der Waals surface area contributed by atoms with E-state index in [0.717, 1.165) is 31.4 Å². The summed E-state index contributed by atoms with van der Waals surface area (Å²) >= 11 is 0. The molecule has 172 valence electrons. The summed E-state index contributed by atoms with van der Waals surface area (Å²) < 4.78 is 34.1. The van der Waals surface area contributed by atoms with E-state index in [1.165, 1.54) is 23.7 Å². The van der Waals surface area contributed by atoms with Crippen molar-refractivity contribution in [1.82, 2.24) is 9.78 Å². The Morgan fingerprint density at radius 2 is 1.70 bits per heavy atom. The molecule has 0 aliphatic heterocycles. The first kappa shape index (κ1) is 22.7. The van der Waals surface area contributed by atoms with Gasteiger partial charge in [0, 0.05) is 12.1 Å². The zero-order valence-corrected chi connectivity index (χ0v) is 18.8. The second-order valence-corrected chi connectivity index (χ2v) is 9.86. The number of hydrogen-bond donors (Lipinski definition) is 0. The van der Waals surface area contributed by atoms with Crippen molar-refractivity contribution in [2.75, 3.05) is 0 Å². The molecule has 1 heterocycles. The van der Waals surface area contributed by atoms with Crippen molar-refractivity contribution < 1.29 is 22.9 Å². The maximum atomic E-state index is 13.5. The molecular formula is C23H23N3O6S. The Bertz CT molecular complexity index is 1280. The van der Waals surface area contributed by atoms with E-state index in [2.05, 4.69) is 5.10 Å². The topological polar surface area (TPSA) is 121 Å². The molecule has 4 rings (SSSR count). The van der Waals surface area contributed by atoms with E-state index in [1.54, 1.807) is 24.3 Å². The predicted octanol–water partition coefficient (Wildman–Crippen LogP) is 4.41. The highest BCUT2D eigenvalue weighted by atomic mass is 32.2. The Balaban J connectivity index is 1.82. The Morgan fingerprint density at radius 1 is 1.06 bits per heavy atom. The van der Waals surface area contributed by atoms with Crippen LogP contribution in [0, 0.1) is 23.0 Å². The Kier molecular flexibility index (Phi) is 6.28. The summed E-state index contributed by atoms with van der Waals surface area (Å²) in [6.07, 6.45) is 4.30. The molecule has 2 aromatic carbocycles. The van der Waals surface area contributed by atoms with Gasteiger partial charge >= 0.3 is 5.97 Å². The number of carbonyl (C=O) groups is 1. The van der Waals surface area contributed by atoms with E-state index < -0.39 is 20.7 Å². The highest BCUT2D eigenvalue weighted by molar-refractivity contribution is 7.91. The standard InChI is InChI=1S/C23H23N3O6S/c1-16-21(33(30,31)20-14-12-19(13-15-20)26(28)29)22(25(24-16)18-10-6-3-7-11-18)32-23(27)17-8-4-2-5-9-17/h3,6-7,10-15,17H,2,4-5,8-9H2,1H3. The fourth-order valence-corrected chi connectivity index (χ4v) is 5.53. The van der Waals surface area contributed by atoms with E-state index in [9.17, 15) is 23.3 Å². The quantitative estimate of drug-likeness (QED) is 0.298. The Morgan fingerprint density at radius 3 is 2.30 bits per heavy atom. The van der Waals surface area contributed by atoms with Crippen LogP contribution in [0.1, 0.15) is 37.8 Å². The summed E-state index contributed by atoms with van der Waals surface area (Å²) in [5, 5.41) is 15.3. The minimum Gasteiger partial charge on any atom is -0.406 e. The van der Waals surface area contributed by atoms with Crippen LogP contribution in [0.25, 0.3) is 5.69 Å². The summed E-state index contributed by atoms with van der Waals surface area (Å²) in [7, 11) is -4.19. The van der Waals surface area contributed by atoms with E-state index in [-0.39, 0.29) is 33.0 Å². The van der Waals surface area contributed by atoms with Crippen molar-refractivity contribution in [3.8, 4) is 11.6 Å². The van der Waals surface area contributed by atoms with Crippen molar-refractivity contribution in [2.45, 2.75) is 48.8 Å². The third-order valence-electron chi connectivity index (χ3n) is 5.73. The molecular weight excluding hydrogens is 446 g/mol. The maximum absolute atomic E-state index is 13.5. The number of hydrogen-bond acceptors (Lipinski definition) is 7. The van der Waals surface area contributed by atoms with Gasteiger partial charge in [-0.1, -0.05) is 37.5 Å². The average molecular weight is 470 g/mol. The molecule has 10 heteroatoms. The van der Waals surface area contributed by atoms with Gasteiger partial charge in [0.25, 0.3) is 5.69 Å². The van der Waals surface area contributed by atoms with Gasteiger partial charge in [0.2, 0.25) is 15.7 Å². The Labute approximate surface area is 191 Å². The first-order valence-corrected chi connectivity index (χ1v) is 12.1. The van der Waals surface area contributed by atoms with E-state index in [4.69, 9.17) is 4.74 Å². The van der Waals surface area contributed by atoms with Crippen LogP contribution >= 0.6 is 0 Å². The van der Waals surface area contributed by atoms with E-state index >= 15 is 0 Å². The fourth-order valence-electron chi connectivity index (χ4n) is 4.02. The zero-order chi connectivity index (χ0) is 23.6. The zero-order valence-electron chi connectivity index (χ0n) is 18.0. The van der Waals surface area contributed by atoms with Crippen LogP contribution in [0.3, 0.4) is 0 Å². The first-order chi connectivity index (χ1) is 15.8. The Hall–Kier alpha value is -3.53. The molecule has 3 aromatic rings. The minimum atomic E-state index is -4.19.